The number of ether oxygens (including phenoxy) is 1. The molecule has 23 heavy (non-hydrogen) atoms. The van der Waals surface area contributed by atoms with Gasteiger partial charge >= 0.3 is 5.97 Å². The molecule has 1 atom stereocenters. The summed E-state index contributed by atoms with van der Waals surface area (Å²) in [4.78, 5) is 12.2. The molecular formula is C21H34O2. The Morgan fingerprint density at radius 2 is 1.43 bits per heavy atom. The molecule has 0 heterocycles. The molecule has 0 aliphatic rings. The Hall–Kier alpha value is -1.31. The van der Waals surface area contributed by atoms with Crippen molar-refractivity contribution in [3.63, 3.8) is 0 Å². The minimum atomic E-state index is -0.465. The van der Waals surface area contributed by atoms with Crippen LogP contribution in [0.4, 0.5) is 0 Å². The van der Waals surface area contributed by atoms with E-state index in [1.54, 1.807) is 0 Å². The minimum absolute atomic E-state index is 0.0631. The molecule has 0 saturated carbocycles. The molecule has 0 spiro atoms. The smallest absolute Gasteiger partial charge is 0.338 e. The second kappa shape index (κ2) is 6.67. The molecule has 2 heteroatoms. The molecule has 1 unspecified atom stereocenters. The predicted molar refractivity (Wildman–Crippen MR) is 97.9 cm³/mol. The van der Waals surface area contributed by atoms with Crippen molar-refractivity contribution in [2.45, 2.75) is 79.8 Å². The molecule has 0 amide bonds. The lowest BCUT2D eigenvalue weighted by Crippen LogP contribution is -2.38. The zero-order chi connectivity index (χ0) is 18.1. The van der Waals surface area contributed by atoms with Crippen LogP contribution in [0.2, 0.25) is 0 Å². The quantitative estimate of drug-likeness (QED) is 0.637. The van der Waals surface area contributed by atoms with Crippen molar-refractivity contribution in [1.82, 2.24) is 0 Å². The molecule has 1 rings (SSSR count). The molecule has 0 radical (unpaired) electrons. The monoisotopic (exact) mass is 318 g/mol. The summed E-state index contributed by atoms with van der Waals surface area (Å²) < 4.78 is 5.44. The third-order valence-corrected chi connectivity index (χ3v) is 4.63. The van der Waals surface area contributed by atoms with Gasteiger partial charge in [0.15, 0.2) is 0 Å². The first-order chi connectivity index (χ1) is 10.3. The first kappa shape index (κ1) is 19.7. The van der Waals surface area contributed by atoms with Crippen LogP contribution in [0.3, 0.4) is 0 Å². The van der Waals surface area contributed by atoms with Crippen LogP contribution in [0.5, 0.6) is 0 Å². The molecule has 0 fully saturated rings. The van der Waals surface area contributed by atoms with Gasteiger partial charge in [0.1, 0.15) is 5.60 Å². The lowest BCUT2D eigenvalue weighted by Gasteiger charge is -2.44. The van der Waals surface area contributed by atoms with Crippen LogP contribution in [-0.2, 0) is 10.2 Å². The topological polar surface area (TPSA) is 26.3 Å². The maximum absolute atomic E-state index is 12.2. The Bertz CT molecular complexity index is 526. The van der Waals surface area contributed by atoms with Crippen LogP contribution in [-0.4, -0.2) is 11.6 Å². The maximum Gasteiger partial charge on any atom is 0.338 e. The van der Waals surface area contributed by atoms with E-state index in [0.717, 1.165) is 6.42 Å². The highest BCUT2D eigenvalue weighted by Gasteiger charge is 2.39. The van der Waals surface area contributed by atoms with Crippen molar-refractivity contribution in [2.24, 2.45) is 11.3 Å². The molecule has 0 aromatic heterocycles. The zero-order valence-electron chi connectivity index (χ0n) is 16.4. The minimum Gasteiger partial charge on any atom is -0.456 e. The van der Waals surface area contributed by atoms with Crippen molar-refractivity contribution in [3.05, 3.63) is 35.4 Å². The van der Waals surface area contributed by atoms with Gasteiger partial charge in [-0.2, -0.15) is 0 Å². The summed E-state index contributed by atoms with van der Waals surface area (Å²) >= 11 is 0. The van der Waals surface area contributed by atoms with Gasteiger partial charge in [-0.1, -0.05) is 53.7 Å². The van der Waals surface area contributed by atoms with Crippen molar-refractivity contribution in [1.29, 1.82) is 0 Å². The van der Waals surface area contributed by atoms with Gasteiger partial charge in [0.05, 0.1) is 5.56 Å². The molecule has 0 aliphatic heterocycles. The molecule has 0 saturated heterocycles. The summed E-state index contributed by atoms with van der Waals surface area (Å²) in [5.41, 5.74) is 1.64. The fourth-order valence-electron chi connectivity index (χ4n) is 2.98. The van der Waals surface area contributed by atoms with Crippen molar-refractivity contribution in [3.8, 4) is 0 Å². The van der Waals surface area contributed by atoms with E-state index >= 15 is 0 Å². The van der Waals surface area contributed by atoms with Gasteiger partial charge in [-0.15, -0.1) is 0 Å². The summed E-state index contributed by atoms with van der Waals surface area (Å²) in [6, 6.07) is 7.97. The number of hydrogen-bond acceptors (Lipinski definition) is 2. The molecule has 2 nitrogen and oxygen atoms in total. The largest absolute Gasteiger partial charge is 0.456 e. The van der Waals surface area contributed by atoms with E-state index in [4.69, 9.17) is 4.74 Å². The van der Waals surface area contributed by atoms with Gasteiger partial charge < -0.3 is 4.74 Å². The Morgan fingerprint density at radius 1 is 0.957 bits per heavy atom. The lowest BCUT2D eigenvalue weighted by molar-refractivity contribution is 0.00694. The van der Waals surface area contributed by atoms with E-state index in [9.17, 15) is 4.79 Å². The second-order valence-corrected chi connectivity index (χ2v) is 9.26. The van der Waals surface area contributed by atoms with Crippen LogP contribution in [0, 0.1) is 11.3 Å². The second-order valence-electron chi connectivity index (χ2n) is 9.26. The van der Waals surface area contributed by atoms with Gasteiger partial charge in [0.25, 0.3) is 0 Å². The van der Waals surface area contributed by atoms with Gasteiger partial charge in [0.2, 0.25) is 0 Å². The van der Waals surface area contributed by atoms with Crippen molar-refractivity contribution >= 4 is 5.97 Å². The number of hydrogen-bond donors (Lipinski definition) is 0. The molecule has 1 aromatic carbocycles. The highest BCUT2D eigenvalue weighted by atomic mass is 16.6. The normalized spacial score (nSPS) is 15.4. The number of rotatable bonds is 4. The summed E-state index contributed by atoms with van der Waals surface area (Å²) in [6.07, 6.45) is 1.11. The molecular weight excluding hydrogens is 284 g/mol. The van der Waals surface area contributed by atoms with Gasteiger partial charge in [0, 0.05) is 0 Å². The van der Waals surface area contributed by atoms with E-state index in [2.05, 4.69) is 53.7 Å². The predicted octanol–water partition coefficient (Wildman–Crippen LogP) is 5.99. The standard InChI is InChI=1S/C21H34O2/c1-15(2)14-21(9,19(3,4)5)17-12-10-16(11-13-17)18(22)23-20(6,7)8/h10-13,15H,14H2,1-9H3. The number of carbonyl (C=O) groups is 1. The van der Waals surface area contributed by atoms with E-state index < -0.39 is 5.60 Å². The maximum atomic E-state index is 12.2. The number of benzene rings is 1. The third kappa shape index (κ3) is 5.09. The van der Waals surface area contributed by atoms with Gasteiger partial charge in [-0.3, -0.25) is 0 Å². The molecule has 0 aliphatic carbocycles. The van der Waals surface area contributed by atoms with Crippen LogP contribution < -0.4 is 0 Å². The first-order valence-corrected chi connectivity index (χ1v) is 8.60. The lowest BCUT2D eigenvalue weighted by atomic mass is 9.60. The van der Waals surface area contributed by atoms with Crippen LogP contribution in [0.15, 0.2) is 24.3 Å². The number of carbonyl (C=O) groups excluding carboxylic acids is 1. The average molecular weight is 319 g/mol. The summed E-state index contributed by atoms with van der Waals surface area (Å²) in [7, 11) is 0. The van der Waals surface area contributed by atoms with Gasteiger partial charge in [-0.25, -0.2) is 4.79 Å². The van der Waals surface area contributed by atoms with E-state index in [0.29, 0.717) is 11.5 Å². The Balaban J connectivity index is 3.12. The number of esters is 1. The SMILES string of the molecule is CC(C)CC(C)(c1ccc(C(=O)OC(C)(C)C)cc1)C(C)(C)C. The summed E-state index contributed by atoms with van der Waals surface area (Å²) in [5, 5.41) is 0. The fraction of sp³-hybridized carbons (Fsp3) is 0.667. The van der Waals surface area contributed by atoms with Gasteiger partial charge in [-0.05, 0) is 61.6 Å². The third-order valence-electron chi connectivity index (χ3n) is 4.63. The Labute approximate surface area is 142 Å². The van der Waals surface area contributed by atoms with Crippen molar-refractivity contribution in [2.75, 3.05) is 0 Å². The fourth-order valence-corrected chi connectivity index (χ4v) is 2.98. The van der Waals surface area contributed by atoms with E-state index in [1.807, 2.05) is 32.9 Å². The molecule has 0 N–H and O–H groups in total. The highest BCUT2D eigenvalue weighted by molar-refractivity contribution is 5.89. The Kier molecular flexibility index (Phi) is 5.72. The zero-order valence-corrected chi connectivity index (χ0v) is 16.4. The van der Waals surface area contributed by atoms with E-state index in [-0.39, 0.29) is 16.8 Å². The molecule has 130 valence electrons. The summed E-state index contributed by atoms with van der Waals surface area (Å²) in [6.45, 7) is 19.4. The van der Waals surface area contributed by atoms with Crippen LogP contribution >= 0.6 is 0 Å². The van der Waals surface area contributed by atoms with Crippen molar-refractivity contribution < 1.29 is 9.53 Å². The first-order valence-electron chi connectivity index (χ1n) is 8.60. The van der Waals surface area contributed by atoms with Crippen LogP contribution in [0.1, 0.15) is 84.7 Å². The van der Waals surface area contributed by atoms with E-state index in [1.165, 1.54) is 5.56 Å². The summed E-state index contributed by atoms with van der Waals surface area (Å²) in [5.74, 6) is 0.357. The average Bonchev–Trinajstić information content (AvgIpc) is 2.34. The highest BCUT2D eigenvalue weighted by Crippen LogP contribution is 2.45. The van der Waals surface area contributed by atoms with Crippen LogP contribution in [0.25, 0.3) is 0 Å². The molecule has 1 aromatic rings. The molecule has 0 bridgehead atoms. The Morgan fingerprint density at radius 3 is 1.78 bits per heavy atom.